The summed E-state index contributed by atoms with van der Waals surface area (Å²) in [6, 6.07) is 13.5. The van der Waals surface area contributed by atoms with E-state index in [9.17, 15) is 9.59 Å². The van der Waals surface area contributed by atoms with E-state index in [0.717, 1.165) is 14.2 Å². The molecule has 0 aromatic heterocycles. The first kappa shape index (κ1) is 21.9. The van der Waals surface area contributed by atoms with E-state index >= 15 is 0 Å². The predicted octanol–water partition coefficient (Wildman–Crippen LogP) is 4.32. The average molecular weight is 427 g/mol. The molecule has 0 amide bonds. The van der Waals surface area contributed by atoms with E-state index < -0.39 is 17.5 Å². The minimum Gasteiger partial charge on any atom is -0.492 e. The summed E-state index contributed by atoms with van der Waals surface area (Å²) in [4.78, 5) is 25.0. The number of hydrogen-bond donors (Lipinski definition) is 0. The minimum atomic E-state index is -2.02. The van der Waals surface area contributed by atoms with Crippen LogP contribution in [-0.4, -0.2) is 38.4 Å². The van der Waals surface area contributed by atoms with E-state index in [2.05, 4.69) is 0 Å². The van der Waals surface area contributed by atoms with Crippen molar-refractivity contribution < 1.29 is 28.5 Å². The predicted molar refractivity (Wildman–Crippen MR) is 105 cm³/mol. The number of benzene rings is 2. The van der Waals surface area contributed by atoms with Gasteiger partial charge in [-0.1, -0.05) is 47.5 Å². The van der Waals surface area contributed by atoms with Gasteiger partial charge < -0.3 is 18.9 Å². The van der Waals surface area contributed by atoms with E-state index in [1.165, 1.54) is 0 Å². The molecule has 150 valence electrons. The zero-order chi connectivity index (χ0) is 20.6. The lowest BCUT2D eigenvalue weighted by atomic mass is 9.97. The molecule has 6 nitrogen and oxygen atoms in total. The van der Waals surface area contributed by atoms with Crippen LogP contribution in [0, 0.1) is 0 Å². The van der Waals surface area contributed by atoms with E-state index in [0.29, 0.717) is 10.8 Å². The Morgan fingerprint density at radius 1 is 0.857 bits per heavy atom. The minimum absolute atomic E-state index is 0.0535. The summed E-state index contributed by atoms with van der Waals surface area (Å²) in [5.41, 5.74) is -2.02. The number of ether oxygens (including phenoxy) is 4. The van der Waals surface area contributed by atoms with Crippen molar-refractivity contribution >= 4 is 35.1 Å². The van der Waals surface area contributed by atoms with Crippen LogP contribution in [0.4, 0.5) is 0 Å². The lowest BCUT2D eigenvalue weighted by Gasteiger charge is -2.29. The summed E-state index contributed by atoms with van der Waals surface area (Å²) in [6.45, 7) is 0.186. The summed E-state index contributed by atoms with van der Waals surface area (Å²) in [5, 5.41) is 0.703. The molecule has 2 rings (SSSR count). The van der Waals surface area contributed by atoms with E-state index in [4.69, 9.17) is 42.1 Å². The molecular weight excluding hydrogens is 407 g/mol. The fourth-order valence-corrected chi connectivity index (χ4v) is 2.90. The molecule has 28 heavy (non-hydrogen) atoms. The second-order valence-corrected chi connectivity index (χ2v) is 6.54. The molecule has 0 aliphatic carbocycles. The average Bonchev–Trinajstić information content (AvgIpc) is 2.71. The number of methoxy groups -OCH3 is 2. The molecule has 2 aromatic carbocycles. The molecule has 0 fully saturated rings. The highest BCUT2D eigenvalue weighted by molar-refractivity contribution is 6.32. The van der Waals surface area contributed by atoms with Gasteiger partial charge in [-0.05, 0) is 30.7 Å². The number of carbonyl (C=O) groups excluding carboxylic acids is 2. The first-order valence-electron chi connectivity index (χ1n) is 8.42. The van der Waals surface area contributed by atoms with Crippen molar-refractivity contribution in [1.29, 1.82) is 0 Å². The normalized spacial score (nSPS) is 10.9. The molecule has 0 radical (unpaired) electrons. The van der Waals surface area contributed by atoms with Gasteiger partial charge in [-0.3, -0.25) is 0 Å². The summed E-state index contributed by atoms with van der Waals surface area (Å²) in [5.74, 6) is -1.13. The van der Waals surface area contributed by atoms with Crippen molar-refractivity contribution in [1.82, 2.24) is 0 Å². The number of para-hydroxylation sites is 2. The van der Waals surface area contributed by atoms with Crippen LogP contribution in [0.1, 0.15) is 12.8 Å². The van der Waals surface area contributed by atoms with Crippen molar-refractivity contribution in [2.45, 2.75) is 18.4 Å². The monoisotopic (exact) mass is 426 g/mol. The fourth-order valence-electron chi connectivity index (χ4n) is 2.53. The van der Waals surface area contributed by atoms with Gasteiger partial charge in [-0.15, -0.1) is 0 Å². The molecule has 0 bridgehead atoms. The maximum atomic E-state index is 12.5. The number of halogens is 2. The van der Waals surface area contributed by atoms with Crippen LogP contribution in [0.3, 0.4) is 0 Å². The van der Waals surface area contributed by atoms with Gasteiger partial charge in [0.05, 0.1) is 30.9 Å². The van der Waals surface area contributed by atoms with Gasteiger partial charge in [0, 0.05) is 6.42 Å². The Labute approximate surface area is 173 Å². The van der Waals surface area contributed by atoms with Crippen molar-refractivity contribution in [2.75, 3.05) is 20.8 Å². The molecule has 0 spiro atoms. The van der Waals surface area contributed by atoms with Crippen LogP contribution >= 0.6 is 23.2 Å². The number of carbonyl (C=O) groups is 2. The van der Waals surface area contributed by atoms with Gasteiger partial charge in [0.1, 0.15) is 11.5 Å². The largest absolute Gasteiger partial charge is 0.492 e. The van der Waals surface area contributed by atoms with E-state index in [-0.39, 0.29) is 30.2 Å². The van der Waals surface area contributed by atoms with Gasteiger partial charge >= 0.3 is 17.5 Å². The van der Waals surface area contributed by atoms with Crippen LogP contribution in [0.2, 0.25) is 10.0 Å². The third-order valence-corrected chi connectivity index (χ3v) is 4.54. The van der Waals surface area contributed by atoms with E-state index in [1.807, 2.05) is 0 Å². The van der Waals surface area contributed by atoms with Crippen LogP contribution in [-0.2, 0) is 19.1 Å². The number of rotatable bonds is 9. The molecule has 0 aliphatic heterocycles. The maximum Gasteiger partial charge on any atom is 0.362 e. The second kappa shape index (κ2) is 10.2. The third kappa shape index (κ3) is 5.09. The summed E-state index contributed by atoms with van der Waals surface area (Å²) in [6.07, 6.45) is 0.224. The van der Waals surface area contributed by atoms with Crippen molar-refractivity contribution in [3.8, 4) is 11.5 Å². The Balaban J connectivity index is 2.19. The van der Waals surface area contributed by atoms with Gasteiger partial charge in [0.15, 0.2) is 0 Å². The Bertz CT molecular complexity index is 808. The Hall–Kier alpha value is -2.44. The van der Waals surface area contributed by atoms with Crippen LogP contribution in [0.25, 0.3) is 0 Å². The van der Waals surface area contributed by atoms with Crippen LogP contribution in [0.5, 0.6) is 11.5 Å². The summed E-state index contributed by atoms with van der Waals surface area (Å²) >= 11 is 12.2. The highest BCUT2D eigenvalue weighted by atomic mass is 35.5. The first-order chi connectivity index (χ1) is 13.4. The highest BCUT2D eigenvalue weighted by Crippen LogP contribution is 2.31. The fraction of sp³-hybridized carbons (Fsp3) is 0.300. The molecule has 0 saturated heterocycles. The summed E-state index contributed by atoms with van der Waals surface area (Å²) in [7, 11) is 2.33. The lowest BCUT2D eigenvalue weighted by molar-refractivity contribution is -0.177. The van der Waals surface area contributed by atoms with Gasteiger partial charge in [0.25, 0.3) is 0 Å². The topological polar surface area (TPSA) is 71.1 Å². The zero-order valence-electron chi connectivity index (χ0n) is 15.4. The zero-order valence-corrected chi connectivity index (χ0v) is 17.0. The molecule has 2 aromatic rings. The van der Waals surface area contributed by atoms with Crippen LogP contribution < -0.4 is 9.47 Å². The molecule has 0 heterocycles. The van der Waals surface area contributed by atoms with Crippen molar-refractivity contribution in [2.24, 2.45) is 0 Å². The number of esters is 2. The molecule has 0 saturated carbocycles. The summed E-state index contributed by atoms with van der Waals surface area (Å²) < 4.78 is 21.0. The number of hydrogen-bond acceptors (Lipinski definition) is 6. The standard InChI is InChI=1S/C20H20Cl2O6/c1-25-18(23)20(19(24)26-2,28-17-11-6-4-9-15(17)22)12-7-13-27-16-10-5-3-8-14(16)21/h3-6,8-11H,7,12-13H2,1-2H3. The molecular formula is C20H20Cl2O6. The van der Waals surface area contributed by atoms with Crippen molar-refractivity contribution in [3.63, 3.8) is 0 Å². The maximum absolute atomic E-state index is 12.5. The Kier molecular flexibility index (Phi) is 7.96. The van der Waals surface area contributed by atoms with Gasteiger partial charge in [-0.25, -0.2) is 9.59 Å². The SMILES string of the molecule is COC(=O)C(CCCOc1ccccc1Cl)(Oc1ccccc1Cl)C(=O)OC. The highest BCUT2D eigenvalue weighted by Gasteiger charge is 2.51. The molecule has 0 atom stereocenters. The van der Waals surface area contributed by atoms with Crippen LogP contribution in [0.15, 0.2) is 48.5 Å². The lowest BCUT2D eigenvalue weighted by Crippen LogP contribution is -2.53. The first-order valence-corrected chi connectivity index (χ1v) is 9.18. The smallest absolute Gasteiger partial charge is 0.362 e. The second-order valence-electron chi connectivity index (χ2n) is 5.73. The van der Waals surface area contributed by atoms with Crippen molar-refractivity contribution in [3.05, 3.63) is 58.6 Å². The van der Waals surface area contributed by atoms with Gasteiger partial charge in [0.2, 0.25) is 0 Å². The third-order valence-electron chi connectivity index (χ3n) is 3.92. The van der Waals surface area contributed by atoms with E-state index in [1.54, 1.807) is 48.5 Å². The Morgan fingerprint density at radius 2 is 1.36 bits per heavy atom. The Morgan fingerprint density at radius 3 is 1.86 bits per heavy atom. The van der Waals surface area contributed by atoms with Gasteiger partial charge in [-0.2, -0.15) is 0 Å². The molecule has 0 aliphatic rings. The quantitative estimate of drug-likeness (QED) is 0.337. The molecule has 0 N–H and O–H groups in total. The molecule has 8 heteroatoms. The molecule has 0 unspecified atom stereocenters.